The van der Waals surface area contributed by atoms with Gasteiger partial charge in [-0.15, -0.1) is 0 Å². The molecular formula is C11H8ClN3O3. The fourth-order valence-corrected chi connectivity index (χ4v) is 1.49. The highest BCUT2D eigenvalue weighted by Crippen LogP contribution is 2.23. The molecule has 0 aliphatic rings. The molecule has 1 heterocycles. The van der Waals surface area contributed by atoms with Gasteiger partial charge < -0.3 is 15.4 Å². The van der Waals surface area contributed by atoms with Crippen LogP contribution in [0, 0.1) is 0 Å². The van der Waals surface area contributed by atoms with Crippen LogP contribution in [0.25, 0.3) is 0 Å². The molecule has 3 N–H and O–H groups in total. The minimum Gasteiger partial charge on any atom is -0.478 e. The molecule has 0 spiro atoms. The number of hydrogen-bond donors (Lipinski definition) is 3. The number of carboxylic acids is 1. The van der Waals surface area contributed by atoms with Crippen LogP contribution in [0.15, 0.2) is 30.6 Å². The normalized spacial score (nSPS) is 10.1. The largest absolute Gasteiger partial charge is 0.478 e. The Morgan fingerprint density at radius 1 is 1.39 bits per heavy atom. The first-order valence-corrected chi connectivity index (χ1v) is 5.29. The number of anilines is 1. The van der Waals surface area contributed by atoms with Gasteiger partial charge in [0.1, 0.15) is 0 Å². The van der Waals surface area contributed by atoms with Crippen LogP contribution >= 0.6 is 11.6 Å². The van der Waals surface area contributed by atoms with Crippen LogP contribution < -0.4 is 5.32 Å². The molecule has 92 valence electrons. The van der Waals surface area contributed by atoms with Crippen molar-refractivity contribution in [2.24, 2.45) is 0 Å². The summed E-state index contributed by atoms with van der Waals surface area (Å²) < 4.78 is 0. The van der Waals surface area contributed by atoms with Crippen LogP contribution in [0.4, 0.5) is 5.69 Å². The van der Waals surface area contributed by atoms with Gasteiger partial charge >= 0.3 is 5.97 Å². The van der Waals surface area contributed by atoms with Gasteiger partial charge in [-0.1, -0.05) is 11.6 Å². The van der Waals surface area contributed by atoms with E-state index in [0.717, 1.165) is 0 Å². The molecule has 0 aliphatic carbocycles. The third-order valence-corrected chi connectivity index (χ3v) is 2.50. The second-order valence-corrected chi connectivity index (χ2v) is 3.80. The van der Waals surface area contributed by atoms with Crippen molar-refractivity contribution in [1.29, 1.82) is 0 Å². The number of nitrogens with zero attached hydrogens (tertiary/aromatic N) is 1. The van der Waals surface area contributed by atoms with Crippen LogP contribution in [0.2, 0.25) is 5.02 Å². The molecule has 2 rings (SSSR count). The van der Waals surface area contributed by atoms with Crippen LogP contribution in [-0.4, -0.2) is 27.0 Å². The van der Waals surface area contributed by atoms with Gasteiger partial charge in [-0.2, -0.15) is 0 Å². The molecule has 0 unspecified atom stereocenters. The number of imidazole rings is 1. The second-order valence-electron chi connectivity index (χ2n) is 3.39. The fraction of sp³-hybridized carbons (Fsp3) is 0. The summed E-state index contributed by atoms with van der Waals surface area (Å²) in [7, 11) is 0. The number of rotatable bonds is 3. The Balaban J connectivity index is 2.26. The summed E-state index contributed by atoms with van der Waals surface area (Å²) in [5, 5.41) is 11.6. The van der Waals surface area contributed by atoms with Gasteiger partial charge in [-0.3, -0.25) is 4.79 Å². The van der Waals surface area contributed by atoms with Crippen LogP contribution in [0.5, 0.6) is 0 Å². The summed E-state index contributed by atoms with van der Waals surface area (Å²) in [5.74, 6) is -1.48. The number of hydrogen-bond acceptors (Lipinski definition) is 3. The summed E-state index contributed by atoms with van der Waals surface area (Å²) in [6, 6.07) is 4.04. The lowest BCUT2D eigenvalue weighted by molar-refractivity contribution is 0.0696. The van der Waals surface area contributed by atoms with Crippen molar-refractivity contribution in [3.63, 3.8) is 0 Å². The standard InChI is InChI=1S/C11H8ClN3O3/c12-7-2-1-6(11(17)18)5-8(7)15-10(16)9-13-3-4-14-9/h1-5H,(H,13,14)(H,15,16)(H,17,18). The number of carboxylic acid groups (broad SMARTS) is 1. The molecule has 0 saturated carbocycles. The zero-order valence-electron chi connectivity index (χ0n) is 8.98. The molecular weight excluding hydrogens is 258 g/mol. The van der Waals surface area contributed by atoms with E-state index in [0.29, 0.717) is 0 Å². The first-order valence-electron chi connectivity index (χ1n) is 4.91. The summed E-state index contributed by atoms with van der Waals surface area (Å²) in [6.07, 6.45) is 2.94. The number of aromatic nitrogens is 2. The molecule has 0 bridgehead atoms. The van der Waals surface area contributed by atoms with E-state index in [2.05, 4.69) is 15.3 Å². The van der Waals surface area contributed by atoms with Crippen molar-refractivity contribution in [2.45, 2.75) is 0 Å². The van der Waals surface area contributed by atoms with Crippen LogP contribution in [0.1, 0.15) is 21.0 Å². The number of H-pyrrole nitrogens is 1. The predicted molar refractivity (Wildman–Crippen MR) is 65.0 cm³/mol. The molecule has 6 nitrogen and oxygen atoms in total. The Labute approximate surface area is 107 Å². The zero-order chi connectivity index (χ0) is 13.1. The van der Waals surface area contributed by atoms with Crippen molar-refractivity contribution in [1.82, 2.24) is 9.97 Å². The van der Waals surface area contributed by atoms with Gasteiger partial charge in [-0.05, 0) is 18.2 Å². The Kier molecular flexibility index (Phi) is 3.29. The van der Waals surface area contributed by atoms with E-state index in [-0.39, 0.29) is 22.1 Å². The lowest BCUT2D eigenvalue weighted by Crippen LogP contribution is -2.14. The fourth-order valence-electron chi connectivity index (χ4n) is 1.33. The van der Waals surface area contributed by atoms with Crippen molar-refractivity contribution in [2.75, 3.05) is 5.32 Å². The molecule has 0 saturated heterocycles. The average Bonchev–Trinajstić information content (AvgIpc) is 2.85. The maximum Gasteiger partial charge on any atom is 0.335 e. The van der Waals surface area contributed by atoms with Crippen molar-refractivity contribution in [3.8, 4) is 0 Å². The maximum atomic E-state index is 11.7. The summed E-state index contributed by atoms with van der Waals surface area (Å²) >= 11 is 5.87. The summed E-state index contributed by atoms with van der Waals surface area (Å²) in [6.45, 7) is 0. The smallest absolute Gasteiger partial charge is 0.335 e. The molecule has 1 aromatic carbocycles. The van der Waals surface area contributed by atoms with E-state index in [9.17, 15) is 9.59 Å². The SMILES string of the molecule is O=C(O)c1ccc(Cl)c(NC(=O)c2ncc[nH]2)c1. The van der Waals surface area contributed by atoms with Crippen LogP contribution in [0.3, 0.4) is 0 Å². The minimum absolute atomic E-state index is 0.0362. The molecule has 7 heteroatoms. The Morgan fingerprint density at radius 3 is 2.78 bits per heavy atom. The highest BCUT2D eigenvalue weighted by Gasteiger charge is 2.12. The molecule has 1 aromatic heterocycles. The number of amides is 1. The van der Waals surface area contributed by atoms with E-state index in [1.165, 1.54) is 30.6 Å². The molecule has 0 atom stereocenters. The number of benzene rings is 1. The number of halogens is 1. The summed E-state index contributed by atoms with van der Waals surface area (Å²) in [5.41, 5.74) is 0.257. The van der Waals surface area contributed by atoms with E-state index < -0.39 is 11.9 Å². The van der Waals surface area contributed by atoms with Crippen LogP contribution in [-0.2, 0) is 0 Å². The molecule has 1 amide bonds. The van der Waals surface area contributed by atoms with E-state index in [1.807, 2.05) is 0 Å². The van der Waals surface area contributed by atoms with Gasteiger partial charge in [-0.25, -0.2) is 9.78 Å². The third-order valence-electron chi connectivity index (χ3n) is 2.17. The highest BCUT2D eigenvalue weighted by atomic mass is 35.5. The van der Waals surface area contributed by atoms with Crippen molar-refractivity contribution in [3.05, 3.63) is 47.0 Å². The van der Waals surface area contributed by atoms with Gasteiger partial charge in [0.2, 0.25) is 0 Å². The predicted octanol–water partition coefficient (Wildman–Crippen LogP) is 2.01. The number of nitrogens with one attached hydrogen (secondary N) is 2. The number of aromatic amines is 1. The first-order chi connectivity index (χ1) is 8.58. The average molecular weight is 266 g/mol. The number of carbonyl (C=O) groups is 2. The van der Waals surface area contributed by atoms with Gasteiger partial charge in [0.25, 0.3) is 5.91 Å². The molecule has 0 fully saturated rings. The molecule has 0 aliphatic heterocycles. The molecule has 18 heavy (non-hydrogen) atoms. The Bertz CT molecular complexity index is 596. The van der Waals surface area contributed by atoms with E-state index in [4.69, 9.17) is 16.7 Å². The number of carbonyl (C=O) groups excluding carboxylic acids is 1. The third kappa shape index (κ3) is 2.49. The van der Waals surface area contributed by atoms with Gasteiger partial charge in [0, 0.05) is 12.4 Å². The summed E-state index contributed by atoms with van der Waals surface area (Å²) in [4.78, 5) is 28.9. The lowest BCUT2D eigenvalue weighted by atomic mass is 10.2. The first kappa shape index (κ1) is 12.1. The maximum absolute atomic E-state index is 11.7. The quantitative estimate of drug-likeness (QED) is 0.791. The van der Waals surface area contributed by atoms with Crippen molar-refractivity contribution >= 4 is 29.2 Å². The van der Waals surface area contributed by atoms with Gasteiger partial charge in [0.15, 0.2) is 5.82 Å². The number of aromatic carboxylic acids is 1. The topological polar surface area (TPSA) is 95.1 Å². The Hall–Kier alpha value is -2.34. The molecule has 2 aromatic rings. The second kappa shape index (κ2) is 4.89. The van der Waals surface area contributed by atoms with Gasteiger partial charge in [0.05, 0.1) is 16.3 Å². The molecule has 0 radical (unpaired) electrons. The Morgan fingerprint density at radius 2 is 2.17 bits per heavy atom. The minimum atomic E-state index is -1.10. The highest BCUT2D eigenvalue weighted by molar-refractivity contribution is 6.34. The monoisotopic (exact) mass is 265 g/mol. The zero-order valence-corrected chi connectivity index (χ0v) is 9.73. The van der Waals surface area contributed by atoms with E-state index in [1.54, 1.807) is 0 Å². The van der Waals surface area contributed by atoms with E-state index >= 15 is 0 Å². The van der Waals surface area contributed by atoms with Crippen molar-refractivity contribution < 1.29 is 14.7 Å². The lowest BCUT2D eigenvalue weighted by Gasteiger charge is -2.06.